The summed E-state index contributed by atoms with van der Waals surface area (Å²) in [5.41, 5.74) is 1.20. The topological polar surface area (TPSA) is 30.9 Å². The zero-order valence-electron chi connectivity index (χ0n) is 16.7. The van der Waals surface area contributed by atoms with Crippen LogP contribution in [-0.2, 0) is 0 Å². The Balaban J connectivity index is 0.00000218. The van der Waals surface area contributed by atoms with Gasteiger partial charge in [-0.3, -0.25) is 0 Å². The lowest BCUT2D eigenvalue weighted by Crippen LogP contribution is -2.42. The van der Waals surface area contributed by atoms with E-state index >= 15 is 0 Å². The third-order valence-corrected chi connectivity index (χ3v) is 6.83. The molecule has 0 radical (unpaired) electrons. The van der Waals surface area contributed by atoms with Crippen LogP contribution in [0.1, 0.15) is 30.7 Å². The molecule has 5 rings (SSSR count). The summed E-state index contributed by atoms with van der Waals surface area (Å²) in [5, 5.41) is 0. The molecule has 2 aromatic carbocycles. The van der Waals surface area contributed by atoms with E-state index in [1.807, 2.05) is 24.3 Å². The van der Waals surface area contributed by atoms with E-state index in [1.54, 1.807) is 12.1 Å². The van der Waals surface area contributed by atoms with Crippen molar-refractivity contribution in [1.29, 1.82) is 0 Å². The maximum absolute atomic E-state index is 13.4. The van der Waals surface area contributed by atoms with Gasteiger partial charge in [0.1, 0.15) is 11.6 Å². The Bertz CT molecular complexity index is 877. The first-order valence-corrected chi connectivity index (χ1v) is 11.1. The fourth-order valence-electron chi connectivity index (χ4n) is 4.46. The summed E-state index contributed by atoms with van der Waals surface area (Å²) >= 11 is 3.58. The second-order valence-electron chi connectivity index (χ2n) is 8.36. The van der Waals surface area contributed by atoms with Gasteiger partial charge in [-0.2, -0.15) is 0 Å². The maximum atomic E-state index is 13.4. The van der Waals surface area contributed by atoms with Crippen molar-refractivity contribution >= 4 is 28.3 Å². The standard InChI is InChI=1S/C23H25BrFNO3.ClH/c24-20-9-22-23(29-14-28-22)10-21(20)27-13-17-12-26(11-15-1-2-15)8-7-19(17)16-3-5-18(25)6-4-16;/h3-6,9-10,15,17,19H,1-2,7-8,11-14H2;1H/t17-,19-;/m0./s1. The molecule has 2 atom stereocenters. The van der Waals surface area contributed by atoms with Crippen molar-refractivity contribution in [3.05, 3.63) is 52.3 Å². The lowest BCUT2D eigenvalue weighted by atomic mass is 9.80. The smallest absolute Gasteiger partial charge is 0.231 e. The van der Waals surface area contributed by atoms with Gasteiger partial charge in [0.15, 0.2) is 11.5 Å². The molecule has 1 aliphatic carbocycles. The van der Waals surface area contributed by atoms with E-state index in [2.05, 4.69) is 20.8 Å². The minimum absolute atomic E-state index is 0. The Morgan fingerprint density at radius 3 is 2.53 bits per heavy atom. The molecule has 0 spiro atoms. The van der Waals surface area contributed by atoms with Gasteiger partial charge in [0, 0.05) is 31.1 Å². The molecule has 1 saturated carbocycles. The van der Waals surface area contributed by atoms with Gasteiger partial charge >= 0.3 is 0 Å². The molecule has 2 aromatic rings. The van der Waals surface area contributed by atoms with E-state index < -0.39 is 0 Å². The van der Waals surface area contributed by atoms with Crippen LogP contribution in [-0.4, -0.2) is 37.9 Å². The van der Waals surface area contributed by atoms with Gasteiger partial charge in [-0.05, 0) is 71.3 Å². The number of hydrogen-bond acceptors (Lipinski definition) is 4. The van der Waals surface area contributed by atoms with Crippen LogP contribution < -0.4 is 14.2 Å². The summed E-state index contributed by atoms with van der Waals surface area (Å²) in [4.78, 5) is 2.58. The van der Waals surface area contributed by atoms with Crippen molar-refractivity contribution in [1.82, 2.24) is 4.90 Å². The third kappa shape index (κ3) is 4.87. The third-order valence-electron chi connectivity index (χ3n) is 6.21. The van der Waals surface area contributed by atoms with Crippen molar-refractivity contribution in [3.63, 3.8) is 0 Å². The number of nitrogens with zero attached hydrogens (tertiary/aromatic N) is 1. The van der Waals surface area contributed by atoms with E-state index in [1.165, 1.54) is 24.9 Å². The second-order valence-corrected chi connectivity index (χ2v) is 9.21. The van der Waals surface area contributed by atoms with Crippen LogP contribution in [0, 0.1) is 17.7 Å². The fraction of sp³-hybridized carbons (Fsp3) is 0.478. The zero-order valence-corrected chi connectivity index (χ0v) is 19.1. The largest absolute Gasteiger partial charge is 0.492 e. The summed E-state index contributed by atoms with van der Waals surface area (Å²) in [6.45, 7) is 4.17. The van der Waals surface area contributed by atoms with E-state index in [0.29, 0.717) is 18.4 Å². The monoisotopic (exact) mass is 497 g/mol. The van der Waals surface area contributed by atoms with Crippen LogP contribution in [0.5, 0.6) is 17.2 Å². The molecule has 0 aromatic heterocycles. The van der Waals surface area contributed by atoms with Crippen LogP contribution in [0.25, 0.3) is 0 Å². The minimum Gasteiger partial charge on any atom is -0.492 e. The highest BCUT2D eigenvalue weighted by molar-refractivity contribution is 9.10. The van der Waals surface area contributed by atoms with Crippen LogP contribution in [0.3, 0.4) is 0 Å². The maximum Gasteiger partial charge on any atom is 0.231 e. The molecular formula is C23H26BrClFNO3. The SMILES string of the molecule is Cl.Fc1ccc([C@@H]2CCN(CC3CC3)C[C@H]2COc2cc3c(cc2Br)OCO3)cc1. The fourth-order valence-corrected chi connectivity index (χ4v) is 4.90. The number of ether oxygens (including phenoxy) is 3. The normalized spacial score (nSPS) is 23.1. The number of fused-ring (bicyclic) bond motifs is 1. The quantitative estimate of drug-likeness (QED) is 0.516. The number of likely N-dealkylation sites (tertiary alicyclic amines) is 1. The molecule has 1 saturated heterocycles. The highest BCUT2D eigenvalue weighted by Gasteiger charge is 2.34. The summed E-state index contributed by atoms with van der Waals surface area (Å²) in [6.07, 6.45) is 3.81. The average Bonchev–Trinajstić information content (AvgIpc) is 3.42. The lowest BCUT2D eigenvalue weighted by Gasteiger charge is -2.39. The molecular weight excluding hydrogens is 473 g/mol. The number of benzene rings is 2. The minimum atomic E-state index is -0.183. The van der Waals surface area contributed by atoms with Crippen molar-refractivity contribution in [2.45, 2.75) is 25.2 Å². The number of piperidine rings is 1. The first-order chi connectivity index (χ1) is 14.2. The van der Waals surface area contributed by atoms with E-state index in [0.717, 1.165) is 47.1 Å². The van der Waals surface area contributed by atoms with Gasteiger partial charge in [-0.15, -0.1) is 12.4 Å². The van der Waals surface area contributed by atoms with Gasteiger partial charge in [-0.1, -0.05) is 12.1 Å². The molecule has 2 aliphatic heterocycles. The van der Waals surface area contributed by atoms with Crippen molar-refractivity contribution in [2.75, 3.05) is 33.0 Å². The van der Waals surface area contributed by atoms with Crippen LogP contribution in [0.4, 0.5) is 4.39 Å². The number of halogens is 3. The Hall–Kier alpha value is -1.50. The molecule has 0 unspecified atom stereocenters. The first-order valence-electron chi connectivity index (χ1n) is 10.4. The second kappa shape index (κ2) is 9.33. The number of rotatable bonds is 6. The van der Waals surface area contributed by atoms with Gasteiger partial charge in [0.05, 0.1) is 11.1 Å². The molecule has 0 N–H and O–H groups in total. The Labute approximate surface area is 191 Å². The van der Waals surface area contributed by atoms with Crippen molar-refractivity contribution in [2.24, 2.45) is 11.8 Å². The van der Waals surface area contributed by atoms with Gasteiger partial charge in [0.2, 0.25) is 6.79 Å². The van der Waals surface area contributed by atoms with Gasteiger partial charge < -0.3 is 19.1 Å². The Morgan fingerprint density at radius 1 is 1.07 bits per heavy atom. The van der Waals surface area contributed by atoms with Crippen LogP contribution in [0.2, 0.25) is 0 Å². The van der Waals surface area contributed by atoms with E-state index in [9.17, 15) is 4.39 Å². The van der Waals surface area contributed by atoms with E-state index in [-0.39, 0.29) is 25.0 Å². The Morgan fingerprint density at radius 2 is 1.80 bits per heavy atom. The molecule has 162 valence electrons. The van der Waals surface area contributed by atoms with Crippen molar-refractivity contribution in [3.8, 4) is 17.2 Å². The molecule has 0 bridgehead atoms. The first kappa shape index (κ1) is 21.7. The molecule has 0 amide bonds. The van der Waals surface area contributed by atoms with E-state index in [4.69, 9.17) is 14.2 Å². The Kier molecular flexibility index (Phi) is 6.75. The molecule has 3 aliphatic rings. The highest BCUT2D eigenvalue weighted by Crippen LogP contribution is 2.42. The molecule has 7 heteroatoms. The lowest BCUT2D eigenvalue weighted by molar-refractivity contribution is 0.107. The van der Waals surface area contributed by atoms with Gasteiger partial charge in [0.25, 0.3) is 0 Å². The number of hydrogen-bond donors (Lipinski definition) is 0. The van der Waals surface area contributed by atoms with Gasteiger partial charge in [-0.25, -0.2) is 4.39 Å². The summed E-state index contributed by atoms with van der Waals surface area (Å²) in [6, 6.07) is 10.8. The van der Waals surface area contributed by atoms with Crippen LogP contribution in [0.15, 0.2) is 40.9 Å². The molecule has 2 fully saturated rings. The molecule has 4 nitrogen and oxygen atoms in total. The van der Waals surface area contributed by atoms with Crippen molar-refractivity contribution < 1.29 is 18.6 Å². The van der Waals surface area contributed by atoms with Crippen LogP contribution >= 0.6 is 28.3 Å². The summed E-state index contributed by atoms with van der Waals surface area (Å²) < 4.78 is 31.5. The zero-order chi connectivity index (χ0) is 19.8. The molecule has 2 heterocycles. The highest BCUT2D eigenvalue weighted by atomic mass is 79.9. The molecule has 30 heavy (non-hydrogen) atoms. The predicted molar refractivity (Wildman–Crippen MR) is 119 cm³/mol. The predicted octanol–water partition coefficient (Wildman–Crippen LogP) is 5.63. The average molecular weight is 499 g/mol. The summed E-state index contributed by atoms with van der Waals surface area (Å²) in [7, 11) is 0. The summed E-state index contributed by atoms with van der Waals surface area (Å²) in [5.74, 6) is 3.65.